The first-order chi connectivity index (χ1) is 8.33. The summed E-state index contributed by atoms with van der Waals surface area (Å²) >= 11 is 0. The number of unbranched alkanes of at least 4 members (excludes halogenated alkanes) is 1. The van der Waals surface area contributed by atoms with Crippen LogP contribution in [0.4, 0.5) is 0 Å². The highest BCUT2D eigenvalue weighted by Crippen LogP contribution is 2.10. The average molecular weight is 236 g/mol. The molecule has 1 heterocycles. The molecule has 94 valence electrons. The zero-order chi connectivity index (χ0) is 12.5. The van der Waals surface area contributed by atoms with Crippen LogP contribution >= 0.6 is 0 Å². The van der Waals surface area contributed by atoms with E-state index in [1.165, 1.54) is 0 Å². The van der Waals surface area contributed by atoms with Gasteiger partial charge in [-0.2, -0.15) is 5.26 Å². The number of rotatable bonds is 8. The summed E-state index contributed by atoms with van der Waals surface area (Å²) in [4.78, 5) is 0. The largest absolute Gasteiger partial charge is 0.385 e. The Kier molecular flexibility index (Phi) is 6.26. The third-order valence-electron chi connectivity index (χ3n) is 2.62. The zero-order valence-corrected chi connectivity index (χ0v) is 10.6. The smallest absolute Gasteiger partial charge is 0.0999 e. The molecule has 0 fully saturated rings. The topological polar surface area (TPSA) is 63.7 Å². The summed E-state index contributed by atoms with van der Waals surface area (Å²) in [6, 6.07) is 2.14. The van der Waals surface area contributed by atoms with Crippen LogP contribution in [0, 0.1) is 11.3 Å². The van der Waals surface area contributed by atoms with Crippen molar-refractivity contribution in [1.82, 2.24) is 15.0 Å². The molecule has 17 heavy (non-hydrogen) atoms. The van der Waals surface area contributed by atoms with Crippen molar-refractivity contribution in [2.24, 2.45) is 0 Å². The Morgan fingerprint density at radius 2 is 2.24 bits per heavy atom. The molecule has 0 N–H and O–H groups in total. The SMILES string of the molecule is CCCc1c(CC#N)nnn1CCCCOC. The zero-order valence-electron chi connectivity index (χ0n) is 10.6. The van der Waals surface area contributed by atoms with E-state index >= 15 is 0 Å². The Hall–Kier alpha value is -1.41. The molecule has 0 saturated heterocycles. The van der Waals surface area contributed by atoms with E-state index in [0.29, 0.717) is 6.42 Å². The minimum absolute atomic E-state index is 0.355. The summed E-state index contributed by atoms with van der Waals surface area (Å²) < 4.78 is 6.95. The van der Waals surface area contributed by atoms with Crippen LogP contribution < -0.4 is 0 Å². The van der Waals surface area contributed by atoms with E-state index in [2.05, 4.69) is 23.3 Å². The number of hydrogen-bond acceptors (Lipinski definition) is 4. The molecule has 0 aliphatic heterocycles. The van der Waals surface area contributed by atoms with Gasteiger partial charge in [-0.1, -0.05) is 18.6 Å². The van der Waals surface area contributed by atoms with Gasteiger partial charge in [0, 0.05) is 20.3 Å². The van der Waals surface area contributed by atoms with Gasteiger partial charge in [-0.3, -0.25) is 0 Å². The molecule has 5 nitrogen and oxygen atoms in total. The lowest BCUT2D eigenvalue weighted by Gasteiger charge is -2.06. The van der Waals surface area contributed by atoms with Gasteiger partial charge in [-0.05, 0) is 19.3 Å². The number of ether oxygens (including phenoxy) is 1. The lowest BCUT2D eigenvalue weighted by atomic mass is 10.1. The second-order valence-electron chi connectivity index (χ2n) is 3.99. The van der Waals surface area contributed by atoms with Crippen LogP contribution in [0.2, 0.25) is 0 Å². The fourth-order valence-electron chi connectivity index (χ4n) is 1.78. The highest BCUT2D eigenvalue weighted by Gasteiger charge is 2.11. The summed E-state index contributed by atoms with van der Waals surface area (Å²) in [6.45, 7) is 3.76. The highest BCUT2D eigenvalue weighted by atomic mass is 16.5. The lowest BCUT2D eigenvalue weighted by molar-refractivity contribution is 0.190. The Morgan fingerprint density at radius 1 is 1.41 bits per heavy atom. The van der Waals surface area contributed by atoms with Gasteiger partial charge in [-0.15, -0.1) is 5.10 Å². The normalized spacial score (nSPS) is 10.4. The number of aryl methyl sites for hydroxylation is 1. The van der Waals surface area contributed by atoms with Crippen molar-refractivity contribution in [2.75, 3.05) is 13.7 Å². The molecule has 5 heteroatoms. The second-order valence-corrected chi connectivity index (χ2v) is 3.99. The number of nitriles is 1. The molecule has 0 spiro atoms. The van der Waals surface area contributed by atoms with E-state index in [-0.39, 0.29) is 0 Å². The van der Waals surface area contributed by atoms with Crippen LogP contribution in [0.25, 0.3) is 0 Å². The van der Waals surface area contributed by atoms with Gasteiger partial charge in [0.25, 0.3) is 0 Å². The van der Waals surface area contributed by atoms with Crippen LogP contribution in [0.3, 0.4) is 0 Å². The van der Waals surface area contributed by atoms with Crippen molar-refractivity contribution < 1.29 is 4.74 Å². The number of nitrogens with zero attached hydrogens (tertiary/aromatic N) is 4. The number of aromatic nitrogens is 3. The third kappa shape index (κ3) is 4.16. The molecule has 1 rings (SSSR count). The van der Waals surface area contributed by atoms with Crippen molar-refractivity contribution in [2.45, 2.75) is 45.6 Å². The van der Waals surface area contributed by atoms with Crippen molar-refractivity contribution in [3.8, 4) is 6.07 Å². The molecular weight excluding hydrogens is 216 g/mol. The number of hydrogen-bond donors (Lipinski definition) is 0. The number of methoxy groups -OCH3 is 1. The first-order valence-electron chi connectivity index (χ1n) is 6.10. The van der Waals surface area contributed by atoms with Gasteiger partial charge in [0.15, 0.2) is 0 Å². The van der Waals surface area contributed by atoms with Crippen molar-refractivity contribution >= 4 is 0 Å². The maximum Gasteiger partial charge on any atom is 0.0999 e. The average Bonchev–Trinajstić information content (AvgIpc) is 2.69. The summed E-state index contributed by atoms with van der Waals surface area (Å²) in [5, 5.41) is 16.9. The molecular formula is C12H20N4O. The van der Waals surface area contributed by atoms with Gasteiger partial charge < -0.3 is 4.74 Å². The summed E-state index contributed by atoms with van der Waals surface area (Å²) in [6.07, 6.45) is 4.39. The molecule has 0 unspecified atom stereocenters. The Labute approximate surface area is 102 Å². The van der Waals surface area contributed by atoms with Crippen LogP contribution in [0.1, 0.15) is 37.6 Å². The van der Waals surface area contributed by atoms with E-state index < -0.39 is 0 Å². The van der Waals surface area contributed by atoms with Crippen LogP contribution in [0.5, 0.6) is 0 Å². The predicted molar refractivity (Wildman–Crippen MR) is 64.4 cm³/mol. The van der Waals surface area contributed by atoms with Gasteiger partial charge in [0.2, 0.25) is 0 Å². The van der Waals surface area contributed by atoms with E-state index in [9.17, 15) is 0 Å². The molecule has 0 amide bonds. The predicted octanol–water partition coefficient (Wildman–Crippen LogP) is 1.72. The van der Waals surface area contributed by atoms with Gasteiger partial charge in [0.05, 0.1) is 23.9 Å². The van der Waals surface area contributed by atoms with Crippen LogP contribution in [-0.4, -0.2) is 28.7 Å². The fraction of sp³-hybridized carbons (Fsp3) is 0.750. The molecule has 0 aliphatic rings. The molecule has 1 aromatic heterocycles. The highest BCUT2D eigenvalue weighted by molar-refractivity contribution is 5.14. The lowest BCUT2D eigenvalue weighted by Crippen LogP contribution is -2.07. The van der Waals surface area contributed by atoms with Gasteiger partial charge in [0.1, 0.15) is 0 Å². The Morgan fingerprint density at radius 3 is 2.88 bits per heavy atom. The van der Waals surface area contributed by atoms with Crippen LogP contribution in [-0.2, 0) is 24.1 Å². The molecule has 0 aromatic carbocycles. The second kappa shape index (κ2) is 7.80. The first kappa shape index (κ1) is 13.7. The minimum Gasteiger partial charge on any atom is -0.385 e. The first-order valence-corrected chi connectivity index (χ1v) is 6.10. The van der Waals surface area contributed by atoms with E-state index in [4.69, 9.17) is 10.00 Å². The van der Waals surface area contributed by atoms with Crippen molar-refractivity contribution in [1.29, 1.82) is 5.26 Å². The third-order valence-corrected chi connectivity index (χ3v) is 2.62. The summed E-state index contributed by atoms with van der Waals surface area (Å²) in [5.74, 6) is 0. The van der Waals surface area contributed by atoms with Gasteiger partial charge >= 0.3 is 0 Å². The standard InChI is InChI=1S/C12H20N4O/c1-3-6-12-11(7-8-13)14-15-16(12)9-4-5-10-17-2/h3-7,9-10H2,1-2H3. The Balaban J connectivity index is 2.60. The quantitative estimate of drug-likeness (QED) is 0.645. The maximum absolute atomic E-state index is 8.72. The van der Waals surface area contributed by atoms with Crippen LogP contribution in [0.15, 0.2) is 0 Å². The monoisotopic (exact) mass is 236 g/mol. The van der Waals surface area contributed by atoms with Crippen molar-refractivity contribution in [3.63, 3.8) is 0 Å². The van der Waals surface area contributed by atoms with E-state index in [1.54, 1.807) is 7.11 Å². The van der Waals surface area contributed by atoms with Crippen molar-refractivity contribution in [3.05, 3.63) is 11.4 Å². The van der Waals surface area contributed by atoms with Gasteiger partial charge in [-0.25, -0.2) is 4.68 Å². The molecule has 0 bridgehead atoms. The maximum atomic E-state index is 8.72. The van der Waals surface area contributed by atoms with E-state index in [1.807, 2.05) is 4.68 Å². The molecule has 0 radical (unpaired) electrons. The molecule has 1 aromatic rings. The molecule has 0 atom stereocenters. The molecule has 0 aliphatic carbocycles. The summed E-state index contributed by atoms with van der Waals surface area (Å²) in [5.41, 5.74) is 1.95. The summed E-state index contributed by atoms with van der Waals surface area (Å²) in [7, 11) is 1.71. The minimum atomic E-state index is 0.355. The fourth-order valence-corrected chi connectivity index (χ4v) is 1.78. The van der Waals surface area contributed by atoms with E-state index in [0.717, 1.165) is 50.2 Å². The Bertz CT molecular complexity index is 367. The molecule has 0 saturated carbocycles.